The fourth-order valence-electron chi connectivity index (χ4n) is 2.45. The van der Waals surface area contributed by atoms with Crippen LogP contribution in [0.4, 0.5) is 0 Å². The van der Waals surface area contributed by atoms with Crippen molar-refractivity contribution < 1.29 is 19.4 Å². The summed E-state index contributed by atoms with van der Waals surface area (Å²) in [5, 5.41) is 14.3. The molecule has 0 saturated heterocycles. The van der Waals surface area contributed by atoms with Gasteiger partial charge in [0.15, 0.2) is 0 Å². The number of nitrogens with zero attached hydrogens (tertiary/aromatic N) is 1. The number of carbonyl (C=O) groups excluding carboxylic acids is 2. The molecule has 1 atom stereocenters. The molecule has 0 unspecified atom stereocenters. The molecule has 0 spiro atoms. The van der Waals surface area contributed by atoms with Crippen LogP contribution in [0.2, 0.25) is 0 Å². The molecule has 0 aliphatic carbocycles. The van der Waals surface area contributed by atoms with Crippen LogP contribution in [0.15, 0.2) is 36.5 Å². The summed E-state index contributed by atoms with van der Waals surface area (Å²) in [7, 11) is 0. The average molecular weight is 357 g/mol. The zero-order valence-electron chi connectivity index (χ0n) is 15.1. The van der Waals surface area contributed by atoms with Crippen LogP contribution >= 0.6 is 0 Å². The summed E-state index contributed by atoms with van der Waals surface area (Å²) in [6.45, 7) is 4.86. The van der Waals surface area contributed by atoms with Gasteiger partial charge in [-0.25, -0.2) is 4.98 Å². The summed E-state index contributed by atoms with van der Waals surface area (Å²) in [6, 6.07) is 8.40. The number of amides is 2. The van der Waals surface area contributed by atoms with E-state index in [2.05, 4.69) is 15.6 Å². The van der Waals surface area contributed by atoms with Gasteiger partial charge >= 0.3 is 0 Å². The van der Waals surface area contributed by atoms with Crippen LogP contribution in [0.3, 0.4) is 0 Å². The van der Waals surface area contributed by atoms with Crippen molar-refractivity contribution in [3.05, 3.63) is 53.2 Å². The fourth-order valence-corrected chi connectivity index (χ4v) is 2.45. The lowest BCUT2D eigenvalue weighted by Crippen LogP contribution is -2.48. The normalized spacial score (nSPS) is 11.5. The molecule has 1 aromatic carbocycles. The van der Waals surface area contributed by atoms with Crippen LogP contribution in [-0.4, -0.2) is 34.6 Å². The SMILES string of the molecule is CC(=O)N[C@H](CO)C(=O)NCc1cccnc1Oc1c(C)cccc1C. The molecular formula is C19H23N3O4. The number of nitrogens with one attached hydrogen (secondary N) is 2. The smallest absolute Gasteiger partial charge is 0.245 e. The van der Waals surface area contributed by atoms with Gasteiger partial charge in [0.2, 0.25) is 17.7 Å². The standard InChI is InChI=1S/C19H23N3O4/c1-12-6-4-7-13(2)17(12)26-19-15(8-5-9-20-19)10-21-18(25)16(11-23)22-14(3)24/h4-9,16,23H,10-11H2,1-3H3,(H,21,25)(H,22,24)/t16-/m1/s1. The van der Waals surface area contributed by atoms with E-state index in [9.17, 15) is 14.7 Å². The van der Waals surface area contributed by atoms with E-state index in [4.69, 9.17) is 4.74 Å². The highest BCUT2D eigenvalue weighted by Crippen LogP contribution is 2.29. The van der Waals surface area contributed by atoms with Crippen LogP contribution < -0.4 is 15.4 Å². The summed E-state index contributed by atoms with van der Waals surface area (Å²) in [5.41, 5.74) is 2.65. The second kappa shape index (κ2) is 8.96. The van der Waals surface area contributed by atoms with Gasteiger partial charge in [0.1, 0.15) is 11.8 Å². The Morgan fingerprint density at radius 2 is 1.88 bits per heavy atom. The number of carbonyl (C=O) groups is 2. The second-order valence-corrected chi connectivity index (χ2v) is 5.94. The Morgan fingerprint density at radius 3 is 2.50 bits per heavy atom. The number of pyridine rings is 1. The molecule has 2 rings (SSSR count). The molecular weight excluding hydrogens is 334 g/mol. The fraction of sp³-hybridized carbons (Fsp3) is 0.316. The quantitative estimate of drug-likeness (QED) is 0.699. The zero-order valence-corrected chi connectivity index (χ0v) is 15.1. The van der Waals surface area contributed by atoms with Gasteiger partial charge in [0.05, 0.1) is 6.61 Å². The highest BCUT2D eigenvalue weighted by Gasteiger charge is 2.19. The topological polar surface area (TPSA) is 101 Å². The first-order chi connectivity index (χ1) is 12.4. The molecule has 2 amide bonds. The second-order valence-electron chi connectivity index (χ2n) is 5.94. The molecule has 3 N–H and O–H groups in total. The maximum absolute atomic E-state index is 12.1. The minimum Gasteiger partial charge on any atom is -0.438 e. The molecule has 7 nitrogen and oxygen atoms in total. The number of benzene rings is 1. The Hall–Kier alpha value is -2.93. The zero-order chi connectivity index (χ0) is 19.1. The van der Waals surface area contributed by atoms with Crippen LogP contribution in [0.5, 0.6) is 11.6 Å². The van der Waals surface area contributed by atoms with E-state index in [1.54, 1.807) is 18.3 Å². The Kier molecular flexibility index (Phi) is 6.68. The molecule has 2 aromatic rings. The van der Waals surface area contributed by atoms with E-state index >= 15 is 0 Å². The maximum Gasteiger partial charge on any atom is 0.245 e. The first kappa shape index (κ1) is 19.4. The number of para-hydroxylation sites is 1. The van der Waals surface area contributed by atoms with Crippen molar-refractivity contribution in [2.75, 3.05) is 6.61 Å². The van der Waals surface area contributed by atoms with Gasteiger partial charge in [0, 0.05) is 25.2 Å². The predicted molar refractivity (Wildman–Crippen MR) is 96.8 cm³/mol. The number of aromatic nitrogens is 1. The lowest BCUT2D eigenvalue weighted by Gasteiger charge is -2.17. The van der Waals surface area contributed by atoms with Crippen LogP contribution in [0.1, 0.15) is 23.6 Å². The number of aliphatic hydroxyl groups excluding tert-OH is 1. The molecule has 138 valence electrons. The summed E-state index contributed by atoms with van der Waals surface area (Å²) in [5.74, 6) is 0.250. The molecule has 0 saturated carbocycles. The molecule has 0 aliphatic heterocycles. The summed E-state index contributed by atoms with van der Waals surface area (Å²) in [6.07, 6.45) is 1.61. The van der Waals surface area contributed by atoms with Gasteiger partial charge in [-0.1, -0.05) is 24.3 Å². The maximum atomic E-state index is 12.1. The summed E-state index contributed by atoms with van der Waals surface area (Å²) >= 11 is 0. The average Bonchev–Trinajstić information content (AvgIpc) is 2.61. The third kappa shape index (κ3) is 5.03. The summed E-state index contributed by atoms with van der Waals surface area (Å²) < 4.78 is 5.97. The van der Waals surface area contributed by atoms with Crippen LogP contribution in [-0.2, 0) is 16.1 Å². The Balaban J connectivity index is 2.12. The number of hydrogen-bond donors (Lipinski definition) is 3. The summed E-state index contributed by atoms with van der Waals surface area (Å²) in [4.78, 5) is 27.4. The third-order valence-corrected chi connectivity index (χ3v) is 3.79. The largest absolute Gasteiger partial charge is 0.438 e. The molecule has 0 radical (unpaired) electrons. The van der Waals surface area contributed by atoms with Crippen molar-refractivity contribution in [2.24, 2.45) is 0 Å². The van der Waals surface area contributed by atoms with Crippen molar-refractivity contribution >= 4 is 11.8 Å². The van der Waals surface area contributed by atoms with Crippen molar-refractivity contribution in [2.45, 2.75) is 33.4 Å². The first-order valence-electron chi connectivity index (χ1n) is 8.26. The minimum absolute atomic E-state index is 0.156. The van der Waals surface area contributed by atoms with E-state index in [1.807, 2.05) is 32.0 Å². The number of aryl methyl sites for hydroxylation is 2. The number of ether oxygens (including phenoxy) is 1. The lowest BCUT2D eigenvalue weighted by molar-refractivity contribution is -0.129. The van der Waals surface area contributed by atoms with Gasteiger partial charge in [-0.15, -0.1) is 0 Å². The Morgan fingerprint density at radius 1 is 1.19 bits per heavy atom. The van der Waals surface area contributed by atoms with Crippen LogP contribution in [0, 0.1) is 13.8 Å². The van der Waals surface area contributed by atoms with Crippen molar-refractivity contribution in [1.29, 1.82) is 0 Å². The van der Waals surface area contributed by atoms with Gasteiger partial charge in [0.25, 0.3) is 0 Å². The molecule has 1 heterocycles. The minimum atomic E-state index is -0.993. The molecule has 1 aromatic heterocycles. The van der Waals surface area contributed by atoms with Gasteiger partial charge < -0.3 is 20.5 Å². The first-order valence-corrected chi connectivity index (χ1v) is 8.26. The molecule has 26 heavy (non-hydrogen) atoms. The number of aliphatic hydroxyl groups is 1. The Labute approximate surface area is 152 Å². The highest BCUT2D eigenvalue weighted by molar-refractivity contribution is 5.86. The van der Waals surface area contributed by atoms with Crippen molar-refractivity contribution in [3.8, 4) is 11.6 Å². The van der Waals surface area contributed by atoms with E-state index in [0.717, 1.165) is 16.9 Å². The van der Waals surface area contributed by atoms with Crippen molar-refractivity contribution in [1.82, 2.24) is 15.6 Å². The van der Waals surface area contributed by atoms with E-state index in [-0.39, 0.29) is 12.5 Å². The van der Waals surface area contributed by atoms with Gasteiger partial charge in [-0.05, 0) is 31.0 Å². The molecule has 0 bridgehead atoms. The van der Waals surface area contributed by atoms with E-state index in [1.165, 1.54) is 6.92 Å². The van der Waals surface area contributed by atoms with E-state index in [0.29, 0.717) is 11.4 Å². The molecule has 7 heteroatoms. The predicted octanol–water partition coefficient (Wildman–Crippen LogP) is 1.60. The van der Waals surface area contributed by atoms with Crippen LogP contribution in [0.25, 0.3) is 0 Å². The van der Waals surface area contributed by atoms with Gasteiger partial charge in [-0.2, -0.15) is 0 Å². The van der Waals surface area contributed by atoms with E-state index < -0.39 is 18.6 Å². The van der Waals surface area contributed by atoms with Crippen molar-refractivity contribution in [3.63, 3.8) is 0 Å². The number of rotatable bonds is 7. The molecule has 0 aliphatic rings. The molecule has 0 fully saturated rings. The highest BCUT2D eigenvalue weighted by atomic mass is 16.5. The number of hydrogen-bond acceptors (Lipinski definition) is 5. The third-order valence-electron chi connectivity index (χ3n) is 3.79. The Bertz CT molecular complexity index is 772. The van der Waals surface area contributed by atoms with Gasteiger partial charge in [-0.3, -0.25) is 9.59 Å². The lowest BCUT2D eigenvalue weighted by atomic mass is 10.1. The monoisotopic (exact) mass is 357 g/mol.